The molecule has 4 heavy (non-hydrogen) atoms. The first-order valence-electron chi connectivity index (χ1n) is 0.678. The zero-order valence-corrected chi connectivity index (χ0v) is 2.86. The van der Waals surface area contributed by atoms with Gasteiger partial charge in [0, 0.05) is 0 Å². The van der Waals surface area contributed by atoms with E-state index < -0.39 is 9.41 Å². The van der Waals surface area contributed by atoms with Crippen LogP contribution in [-0.2, 0) is 4.46 Å². The molecule has 0 aromatic heterocycles. The van der Waals surface area contributed by atoms with Crippen molar-refractivity contribution in [1.29, 1.82) is 5.26 Å². The molecule has 0 saturated carbocycles. The van der Waals surface area contributed by atoms with Crippen LogP contribution in [0, 0.1) is 11.0 Å². The summed E-state index contributed by atoms with van der Waals surface area (Å²) in [5, 5.41) is 7.32. The first kappa shape index (κ1) is 3.51. The van der Waals surface area contributed by atoms with Crippen LogP contribution in [0.25, 0.3) is 0 Å². The molecule has 0 aromatic rings. The lowest BCUT2D eigenvalue weighted by atomic mass is 11.8. The second-order valence-electron chi connectivity index (χ2n) is 0.214. The van der Waals surface area contributed by atoms with Gasteiger partial charge in [-0.05, 0) is 0 Å². The molecule has 3 heteroatoms. The number of hydrogen-bond donors (Lipinski definition) is 0. The molecule has 19 valence electrons. The quantitative estimate of drug-likeness (QED) is 0.361. The van der Waals surface area contributed by atoms with E-state index in [1.54, 1.807) is 0 Å². The molecule has 0 aromatic carbocycles. The van der Waals surface area contributed by atoms with Crippen LogP contribution in [0.15, 0.2) is 0 Å². The molecule has 2 nitrogen and oxygen atoms in total. The maximum Gasteiger partial charge on any atom is 0.456 e. The maximum absolute atomic E-state index is 8.97. The van der Waals surface area contributed by atoms with E-state index in [1.165, 1.54) is 5.69 Å². The van der Waals surface area contributed by atoms with E-state index in [2.05, 4.69) is 0 Å². The lowest BCUT2D eigenvalue weighted by Crippen LogP contribution is -1.51. The van der Waals surface area contributed by atoms with E-state index in [0.717, 1.165) is 0 Å². The molecule has 0 aliphatic carbocycles. The Balaban J connectivity index is 2.92. The largest absolute Gasteiger partial charge is 0.456 e. The maximum atomic E-state index is 8.97. The van der Waals surface area contributed by atoms with Crippen LogP contribution in [0.5, 0.6) is 0 Å². The molecule has 0 fully saturated rings. The summed E-state index contributed by atoms with van der Waals surface area (Å²) >= 11 is 0. The molecule has 0 aliphatic rings. The summed E-state index contributed by atoms with van der Waals surface area (Å²) in [5.41, 5.74) is 1.40. The number of nitriles is 1. The van der Waals surface area contributed by atoms with E-state index in [-0.39, 0.29) is 0 Å². The highest BCUT2D eigenvalue weighted by Gasteiger charge is 1.53. The van der Waals surface area contributed by atoms with E-state index in [0.29, 0.717) is 0 Å². The van der Waals surface area contributed by atoms with Crippen molar-refractivity contribution in [2.45, 2.75) is 0 Å². The summed E-state index contributed by atoms with van der Waals surface area (Å²) in [5.74, 6) is 0. The molecule has 0 aliphatic heterocycles. The summed E-state index contributed by atoms with van der Waals surface area (Å²) in [6.45, 7) is 0. The predicted octanol–water partition coefficient (Wildman–Crippen LogP) is -0.483. The van der Waals surface area contributed by atoms with Gasteiger partial charge in [0.15, 0.2) is 0 Å². The Morgan fingerprint density at radius 3 is 2.25 bits per heavy atom. The molecule has 0 spiro atoms. The van der Waals surface area contributed by atoms with Gasteiger partial charge in [-0.3, -0.25) is 0 Å². The predicted molar refractivity (Wildman–Crippen MR) is 12.1 cm³/mol. The summed E-state index contributed by atoms with van der Waals surface area (Å²) in [6.07, 6.45) is 0. The zero-order valence-electron chi connectivity index (χ0n) is 1.86. The van der Waals surface area contributed by atoms with Crippen LogP contribution in [0.4, 0.5) is 0 Å². The molecule has 0 amide bonds. The minimum Gasteiger partial charge on any atom is -0.365 e. The Kier molecular flexibility index (Phi) is 2.20. The van der Waals surface area contributed by atoms with Gasteiger partial charge in [0.2, 0.25) is 0 Å². The van der Waals surface area contributed by atoms with Gasteiger partial charge in [0.05, 0.1) is 0 Å². The Bertz CT molecular complexity index is 53.5. The van der Waals surface area contributed by atoms with E-state index >= 15 is 0 Å². The second-order valence-corrected chi connectivity index (χ2v) is 0.642. The average molecular weight is 70.1 g/mol. The number of rotatable bonds is 0. The van der Waals surface area contributed by atoms with Gasteiger partial charge in [-0.25, -0.2) is 0 Å². The van der Waals surface area contributed by atoms with Crippen molar-refractivity contribution in [3.05, 3.63) is 0 Å². The summed E-state index contributed by atoms with van der Waals surface area (Å²) in [4.78, 5) is 0. The molecule has 0 unspecified atom stereocenters. The molecule has 0 bridgehead atoms. The van der Waals surface area contributed by atoms with Crippen LogP contribution in [0.3, 0.4) is 0 Å². The summed E-state index contributed by atoms with van der Waals surface area (Å²) < 4.78 is 8.97. The second kappa shape index (κ2) is 2.51. The van der Waals surface area contributed by atoms with Crippen molar-refractivity contribution >= 4 is 9.41 Å². The van der Waals surface area contributed by atoms with Gasteiger partial charge in [-0.2, -0.15) is 5.26 Å². The molecule has 1 radical (unpaired) electrons. The number of hydrogen-bond acceptors (Lipinski definition) is 2. The van der Waals surface area contributed by atoms with E-state index in [1.807, 2.05) is 0 Å². The fraction of sp³-hybridized carbons (Fsp3) is 0. The van der Waals surface area contributed by atoms with Crippen LogP contribution in [0.2, 0.25) is 0 Å². The summed E-state index contributed by atoms with van der Waals surface area (Å²) in [7, 11) is -0.804. The molecular weight excluding hydrogens is 70.1 g/mol. The minimum atomic E-state index is -0.804. The van der Waals surface area contributed by atoms with Crippen LogP contribution in [0.1, 0.15) is 0 Å². The van der Waals surface area contributed by atoms with Gasteiger partial charge in [-0.1, -0.05) is 0 Å². The standard InChI is InChI=1S/CNOSi/c2-1-4-3. The third-order valence-corrected chi connectivity index (χ3v) is 0.137. The molecule has 0 atom stereocenters. The van der Waals surface area contributed by atoms with Crippen molar-refractivity contribution < 1.29 is 4.46 Å². The highest BCUT2D eigenvalue weighted by molar-refractivity contribution is 6.28. The topological polar surface area (TPSA) is 40.9 Å². The molecule has 0 heterocycles. The van der Waals surface area contributed by atoms with Crippen molar-refractivity contribution in [2.24, 2.45) is 0 Å². The monoisotopic (exact) mass is 70.0 g/mol. The van der Waals surface area contributed by atoms with Gasteiger partial charge >= 0.3 is 9.41 Å². The lowest BCUT2D eigenvalue weighted by molar-refractivity contribution is 0.583. The number of nitrogens with zero attached hydrogens (tertiary/aromatic N) is 1. The SMILES string of the molecule is N#C[Si]=O. The normalized spacial score (nSPS) is 3.75. The van der Waals surface area contributed by atoms with Crippen molar-refractivity contribution in [3.63, 3.8) is 0 Å². The van der Waals surface area contributed by atoms with Gasteiger partial charge in [0.1, 0.15) is 5.69 Å². The third kappa shape index (κ3) is 1.51. The molecule has 0 saturated heterocycles. The van der Waals surface area contributed by atoms with Crippen LogP contribution in [-0.4, -0.2) is 9.41 Å². The summed E-state index contributed by atoms with van der Waals surface area (Å²) in [6, 6.07) is 0. The first-order chi connectivity index (χ1) is 1.91. The van der Waals surface area contributed by atoms with Crippen molar-refractivity contribution in [1.82, 2.24) is 0 Å². The Hall–Kier alpha value is -0.493. The van der Waals surface area contributed by atoms with E-state index in [9.17, 15) is 0 Å². The lowest BCUT2D eigenvalue weighted by Gasteiger charge is -1.19. The average Bonchev–Trinajstić information content (AvgIpc) is 1.37. The van der Waals surface area contributed by atoms with Crippen LogP contribution < -0.4 is 0 Å². The van der Waals surface area contributed by atoms with Crippen molar-refractivity contribution in [2.75, 3.05) is 0 Å². The highest BCUT2D eigenvalue weighted by atomic mass is 28.2. The van der Waals surface area contributed by atoms with Gasteiger partial charge in [-0.15, -0.1) is 0 Å². The molecule has 0 N–H and O–H groups in total. The smallest absolute Gasteiger partial charge is 0.365 e. The Morgan fingerprint density at radius 2 is 2.25 bits per heavy atom. The zero-order chi connectivity index (χ0) is 3.41. The fourth-order valence-electron chi connectivity index (χ4n) is 0. The Morgan fingerprint density at radius 1 is 2.00 bits per heavy atom. The fourth-order valence-corrected chi connectivity index (χ4v) is 0. The van der Waals surface area contributed by atoms with Crippen molar-refractivity contribution in [3.8, 4) is 5.69 Å². The van der Waals surface area contributed by atoms with Gasteiger partial charge < -0.3 is 4.46 Å². The minimum absolute atomic E-state index is 0.804. The van der Waals surface area contributed by atoms with Crippen LogP contribution >= 0.6 is 0 Å². The molecular formula is CNOSi. The van der Waals surface area contributed by atoms with E-state index in [4.69, 9.17) is 9.72 Å². The molecule has 0 rings (SSSR count). The highest BCUT2D eigenvalue weighted by Crippen LogP contribution is 1.16. The first-order valence-corrected chi connectivity index (χ1v) is 1.59. The van der Waals surface area contributed by atoms with Gasteiger partial charge in [0.25, 0.3) is 0 Å². The third-order valence-electron chi connectivity index (χ3n) is 0.0456. The Labute approximate surface area is 25.9 Å².